The molecule has 2 fully saturated rings. The number of nitrogens with zero attached hydrogens (tertiary/aromatic N) is 3. The van der Waals surface area contributed by atoms with Gasteiger partial charge in [0, 0.05) is 49.6 Å². The Labute approximate surface area is 179 Å². The number of hydrogen-bond donors (Lipinski definition) is 1. The largest absolute Gasteiger partial charge is 0.352 e. The van der Waals surface area contributed by atoms with Gasteiger partial charge in [0.1, 0.15) is 0 Å². The highest BCUT2D eigenvalue weighted by Crippen LogP contribution is 2.26. The fraction of sp³-hybridized carbons (Fsp3) is 0.625. The third kappa shape index (κ3) is 5.28. The van der Waals surface area contributed by atoms with Crippen molar-refractivity contribution in [2.24, 2.45) is 5.92 Å². The SMILES string of the molecule is O=C(NCc1cccnc1)C1CCN(C2CCN(C(=O)C3=CCCCC3)CC2)CC1. The first-order chi connectivity index (χ1) is 14.7. The minimum atomic E-state index is 0.109. The summed E-state index contributed by atoms with van der Waals surface area (Å²) >= 11 is 0. The second kappa shape index (κ2) is 10.2. The fourth-order valence-electron chi connectivity index (χ4n) is 5.03. The number of aromatic nitrogens is 1. The minimum absolute atomic E-state index is 0.109. The van der Waals surface area contributed by atoms with E-state index in [1.807, 2.05) is 12.1 Å². The first kappa shape index (κ1) is 21.0. The van der Waals surface area contributed by atoms with E-state index in [-0.39, 0.29) is 17.7 Å². The van der Waals surface area contributed by atoms with Crippen molar-refractivity contribution in [1.29, 1.82) is 0 Å². The Morgan fingerprint density at radius 2 is 1.87 bits per heavy atom. The summed E-state index contributed by atoms with van der Waals surface area (Å²) in [7, 11) is 0. The molecule has 2 aliphatic heterocycles. The van der Waals surface area contributed by atoms with Crippen molar-refractivity contribution in [3.8, 4) is 0 Å². The van der Waals surface area contributed by atoms with Gasteiger partial charge in [-0.3, -0.25) is 14.6 Å². The van der Waals surface area contributed by atoms with Gasteiger partial charge in [0.25, 0.3) is 0 Å². The number of hydrogen-bond acceptors (Lipinski definition) is 4. The van der Waals surface area contributed by atoms with Crippen LogP contribution in [0.4, 0.5) is 0 Å². The molecule has 6 heteroatoms. The number of pyridine rings is 1. The van der Waals surface area contributed by atoms with Crippen molar-refractivity contribution in [2.75, 3.05) is 26.2 Å². The molecule has 1 aromatic heterocycles. The molecule has 162 valence electrons. The third-order valence-corrected chi connectivity index (χ3v) is 6.92. The van der Waals surface area contributed by atoms with E-state index in [9.17, 15) is 9.59 Å². The highest BCUT2D eigenvalue weighted by atomic mass is 16.2. The molecule has 0 saturated carbocycles. The molecule has 0 bridgehead atoms. The average molecular weight is 411 g/mol. The lowest BCUT2D eigenvalue weighted by Gasteiger charge is -2.41. The molecule has 4 rings (SSSR count). The molecule has 2 saturated heterocycles. The number of allylic oxidation sites excluding steroid dienone is 1. The van der Waals surface area contributed by atoms with E-state index in [0.29, 0.717) is 12.6 Å². The Morgan fingerprint density at radius 1 is 1.07 bits per heavy atom. The normalized spacial score (nSPS) is 21.9. The van der Waals surface area contributed by atoms with Crippen molar-refractivity contribution >= 4 is 11.8 Å². The van der Waals surface area contributed by atoms with Gasteiger partial charge in [-0.25, -0.2) is 0 Å². The molecule has 0 radical (unpaired) electrons. The summed E-state index contributed by atoms with van der Waals surface area (Å²) in [5.74, 6) is 0.551. The number of likely N-dealkylation sites (tertiary alicyclic amines) is 2. The number of rotatable bonds is 5. The average Bonchev–Trinajstić information content (AvgIpc) is 2.83. The van der Waals surface area contributed by atoms with Crippen LogP contribution in [-0.4, -0.2) is 58.8 Å². The number of amides is 2. The topological polar surface area (TPSA) is 65.5 Å². The highest BCUT2D eigenvalue weighted by Gasteiger charge is 2.32. The zero-order valence-corrected chi connectivity index (χ0v) is 17.9. The molecule has 30 heavy (non-hydrogen) atoms. The standard InChI is InChI=1S/C24H34N4O2/c29-23(26-18-19-5-4-12-25-17-19)20-8-13-27(14-9-20)22-10-15-28(16-11-22)24(30)21-6-2-1-3-7-21/h4-6,12,17,20,22H,1-3,7-11,13-16,18H2,(H,26,29). The predicted molar refractivity (Wildman–Crippen MR) is 117 cm³/mol. The van der Waals surface area contributed by atoms with Crippen molar-refractivity contribution in [2.45, 2.75) is 64.0 Å². The Balaban J connectivity index is 1.18. The Hall–Kier alpha value is -2.21. The first-order valence-electron chi connectivity index (χ1n) is 11.6. The summed E-state index contributed by atoms with van der Waals surface area (Å²) in [6.07, 6.45) is 14.0. The smallest absolute Gasteiger partial charge is 0.249 e. The van der Waals surface area contributed by atoms with Crippen LogP contribution in [0.3, 0.4) is 0 Å². The lowest BCUT2D eigenvalue weighted by atomic mass is 9.92. The Morgan fingerprint density at radius 3 is 2.53 bits per heavy atom. The molecule has 0 atom stereocenters. The monoisotopic (exact) mass is 410 g/mol. The number of nitrogens with one attached hydrogen (secondary N) is 1. The fourth-order valence-corrected chi connectivity index (χ4v) is 5.03. The molecule has 1 aromatic rings. The van der Waals surface area contributed by atoms with Gasteiger partial charge < -0.3 is 15.1 Å². The van der Waals surface area contributed by atoms with E-state index in [1.165, 1.54) is 6.42 Å². The second-order valence-corrected chi connectivity index (χ2v) is 8.89. The van der Waals surface area contributed by atoms with E-state index in [4.69, 9.17) is 0 Å². The van der Waals surface area contributed by atoms with Gasteiger partial charge >= 0.3 is 0 Å². The van der Waals surface area contributed by atoms with Gasteiger partial charge in [0.05, 0.1) is 0 Å². The number of piperidine rings is 2. The van der Waals surface area contributed by atoms with Crippen LogP contribution >= 0.6 is 0 Å². The minimum Gasteiger partial charge on any atom is -0.352 e. The molecule has 0 spiro atoms. The molecule has 3 aliphatic rings. The Bertz CT molecular complexity index is 748. The van der Waals surface area contributed by atoms with Gasteiger partial charge in [-0.2, -0.15) is 0 Å². The Kier molecular flexibility index (Phi) is 7.16. The van der Waals surface area contributed by atoms with Crippen molar-refractivity contribution in [3.63, 3.8) is 0 Å². The van der Waals surface area contributed by atoms with Gasteiger partial charge in [-0.05, 0) is 76.1 Å². The molecule has 6 nitrogen and oxygen atoms in total. The van der Waals surface area contributed by atoms with Crippen LogP contribution in [0.1, 0.15) is 56.9 Å². The molecule has 0 aromatic carbocycles. The molecule has 2 amide bonds. The van der Waals surface area contributed by atoms with Crippen LogP contribution in [0.2, 0.25) is 0 Å². The third-order valence-electron chi connectivity index (χ3n) is 6.92. The van der Waals surface area contributed by atoms with E-state index >= 15 is 0 Å². The summed E-state index contributed by atoms with van der Waals surface area (Å²) in [4.78, 5) is 33.9. The van der Waals surface area contributed by atoms with Crippen molar-refractivity contribution < 1.29 is 9.59 Å². The summed E-state index contributed by atoms with van der Waals surface area (Å²) in [5.41, 5.74) is 2.08. The van der Waals surface area contributed by atoms with Crippen LogP contribution in [0.5, 0.6) is 0 Å². The van der Waals surface area contributed by atoms with Crippen LogP contribution in [0.15, 0.2) is 36.2 Å². The summed E-state index contributed by atoms with van der Waals surface area (Å²) in [6, 6.07) is 4.43. The lowest BCUT2D eigenvalue weighted by Crippen LogP contribution is -2.50. The maximum Gasteiger partial charge on any atom is 0.249 e. The predicted octanol–water partition coefficient (Wildman–Crippen LogP) is 2.90. The molecule has 1 N–H and O–H groups in total. The number of carbonyl (C=O) groups excluding carboxylic acids is 2. The second-order valence-electron chi connectivity index (χ2n) is 8.89. The van der Waals surface area contributed by atoms with Crippen LogP contribution in [0.25, 0.3) is 0 Å². The number of carbonyl (C=O) groups is 2. The molecular weight excluding hydrogens is 376 g/mol. The van der Waals surface area contributed by atoms with Crippen molar-refractivity contribution in [1.82, 2.24) is 20.1 Å². The van der Waals surface area contributed by atoms with Gasteiger partial charge in [-0.15, -0.1) is 0 Å². The van der Waals surface area contributed by atoms with Crippen molar-refractivity contribution in [3.05, 3.63) is 41.7 Å². The zero-order valence-electron chi connectivity index (χ0n) is 17.9. The summed E-state index contributed by atoms with van der Waals surface area (Å²) in [6.45, 7) is 4.25. The van der Waals surface area contributed by atoms with Gasteiger partial charge in [0.2, 0.25) is 11.8 Å². The molecular formula is C24H34N4O2. The quantitative estimate of drug-likeness (QED) is 0.811. The van der Waals surface area contributed by atoms with E-state index in [1.54, 1.807) is 12.4 Å². The maximum atomic E-state index is 12.7. The maximum absolute atomic E-state index is 12.7. The highest BCUT2D eigenvalue weighted by molar-refractivity contribution is 5.93. The first-order valence-corrected chi connectivity index (χ1v) is 11.6. The van der Waals surface area contributed by atoms with E-state index in [2.05, 4.69) is 26.2 Å². The van der Waals surface area contributed by atoms with Crippen LogP contribution in [-0.2, 0) is 16.1 Å². The van der Waals surface area contributed by atoms with Gasteiger partial charge in [-0.1, -0.05) is 12.1 Å². The van der Waals surface area contributed by atoms with Crippen LogP contribution < -0.4 is 5.32 Å². The lowest BCUT2D eigenvalue weighted by molar-refractivity contribution is -0.130. The summed E-state index contributed by atoms with van der Waals surface area (Å²) < 4.78 is 0. The molecule has 0 unspecified atom stereocenters. The summed E-state index contributed by atoms with van der Waals surface area (Å²) in [5, 5.41) is 3.07. The van der Waals surface area contributed by atoms with Gasteiger partial charge in [0.15, 0.2) is 0 Å². The van der Waals surface area contributed by atoms with Crippen LogP contribution in [0, 0.1) is 5.92 Å². The zero-order chi connectivity index (χ0) is 20.8. The van der Waals surface area contributed by atoms with E-state index < -0.39 is 0 Å². The molecule has 1 aliphatic carbocycles. The van der Waals surface area contributed by atoms with E-state index in [0.717, 1.165) is 82.3 Å². The molecule has 3 heterocycles.